The normalized spacial score (nSPS) is 12.4. The molecule has 11 heteroatoms. The summed E-state index contributed by atoms with van der Waals surface area (Å²) in [6.45, 7) is -0.456. The molecule has 0 spiro atoms. The molecule has 1 unspecified atom stereocenters. The Bertz CT molecular complexity index is 1180. The molecular formula is C23H20F4N6O. The zero-order valence-corrected chi connectivity index (χ0v) is 17.7. The van der Waals surface area contributed by atoms with Gasteiger partial charge >= 0.3 is 0 Å². The fraction of sp³-hybridized carbons (Fsp3) is 0.174. The lowest BCUT2D eigenvalue weighted by molar-refractivity contribution is -0.0443. The summed E-state index contributed by atoms with van der Waals surface area (Å²) in [6, 6.07) is 13.4. The van der Waals surface area contributed by atoms with Crippen molar-refractivity contribution in [3.63, 3.8) is 0 Å². The van der Waals surface area contributed by atoms with Crippen LogP contribution in [0.25, 0.3) is 0 Å². The average Bonchev–Trinajstić information content (AvgIpc) is 2.82. The van der Waals surface area contributed by atoms with Gasteiger partial charge in [0.05, 0.1) is 23.7 Å². The van der Waals surface area contributed by atoms with Gasteiger partial charge in [0, 0.05) is 12.6 Å². The molecule has 176 valence electrons. The van der Waals surface area contributed by atoms with Crippen LogP contribution in [0.5, 0.6) is 5.75 Å². The summed E-state index contributed by atoms with van der Waals surface area (Å²) in [5.41, 5.74) is 0.156. The third kappa shape index (κ3) is 5.79. The summed E-state index contributed by atoms with van der Waals surface area (Å²) in [5.74, 6) is 3.27. The Morgan fingerprint density at radius 3 is 2.47 bits per heavy atom. The smallest absolute Gasteiger partial charge is 0.298 e. The van der Waals surface area contributed by atoms with Crippen LogP contribution in [0.4, 0.5) is 17.6 Å². The van der Waals surface area contributed by atoms with Gasteiger partial charge in [0.15, 0.2) is 0 Å². The SMILES string of the molecule is N#Cc1ccc(COc2ccc(C(F)(F)C(CN(N)/C=N\N)c3ccc(F)cc3F)nc2)cc1. The molecule has 4 N–H and O–H groups in total. The molecule has 0 saturated carbocycles. The van der Waals surface area contributed by atoms with Crippen molar-refractivity contribution in [1.29, 1.82) is 5.26 Å². The van der Waals surface area contributed by atoms with E-state index in [2.05, 4.69) is 10.1 Å². The minimum Gasteiger partial charge on any atom is -0.487 e. The molecule has 0 aliphatic rings. The topological polar surface area (TPSA) is 114 Å². The molecule has 1 heterocycles. The number of alkyl halides is 2. The zero-order valence-electron chi connectivity index (χ0n) is 17.7. The number of hydrazone groups is 1. The van der Waals surface area contributed by atoms with Crippen LogP contribution < -0.4 is 16.4 Å². The van der Waals surface area contributed by atoms with Crippen LogP contribution in [0.1, 0.15) is 28.3 Å². The molecule has 2 aromatic carbocycles. The van der Waals surface area contributed by atoms with E-state index < -0.39 is 41.3 Å². The quantitative estimate of drug-likeness (QED) is 0.161. The van der Waals surface area contributed by atoms with Gasteiger partial charge in [-0.2, -0.15) is 19.1 Å². The van der Waals surface area contributed by atoms with Crippen molar-refractivity contribution < 1.29 is 22.3 Å². The predicted octanol–water partition coefficient (Wildman–Crippen LogP) is 3.76. The lowest BCUT2D eigenvalue weighted by Crippen LogP contribution is -2.40. The zero-order chi connectivity index (χ0) is 24.7. The molecule has 1 aromatic heterocycles. The van der Waals surface area contributed by atoms with Crippen molar-refractivity contribution in [2.45, 2.75) is 18.4 Å². The van der Waals surface area contributed by atoms with Gasteiger partial charge in [-0.05, 0) is 41.5 Å². The van der Waals surface area contributed by atoms with E-state index >= 15 is 8.78 Å². The van der Waals surface area contributed by atoms with Crippen LogP contribution in [0, 0.1) is 23.0 Å². The minimum absolute atomic E-state index is 0.132. The Balaban J connectivity index is 1.82. The van der Waals surface area contributed by atoms with Gasteiger partial charge in [-0.1, -0.05) is 18.2 Å². The first-order chi connectivity index (χ1) is 16.2. The van der Waals surface area contributed by atoms with Crippen LogP contribution in [0.15, 0.2) is 65.9 Å². The van der Waals surface area contributed by atoms with Crippen molar-refractivity contribution in [3.8, 4) is 11.8 Å². The van der Waals surface area contributed by atoms with Crippen LogP contribution in [0.2, 0.25) is 0 Å². The third-order valence-electron chi connectivity index (χ3n) is 4.95. The number of benzene rings is 2. The first kappa shape index (κ1) is 24.5. The summed E-state index contributed by atoms with van der Waals surface area (Å²) in [6.07, 6.45) is 2.02. The molecule has 0 aliphatic carbocycles. The molecule has 0 bridgehead atoms. The Labute approximate surface area is 192 Å². The molecule has 1 atom stereocenters. The maximum atomic E-state index is 15.5. The Hall–Kier alpha value is -4.17. The molecule has 0 fully saturated rings. The van der Waals surface area contributed by atoms with Gasteiger partial charge < -0.3 is 10.6 Å². The van der Waals surface area contributed by atoms with E-state index in [0.717, 1.165) is 41.3 Å². The Morgan fingerprint density at radius 2 is 1.88 bits per heavy atom. The minimum atomic E-state index is -3.70. The molecule has 7 nitrogen and oxygen atoms in total. The van der Waals surface area contributed by atoms with Crippen molar-refractivity contribution in [3.05, 3.63) is 94.8 Å². The van der Waals surface area contributed by atoms with E-state index in [-0.39, 0.29) is 12.4 Å². The first-order valence-corrected chi connectivity index (χ1v) is 9.90. The van der Waals surface area contributed by atoms with Gasteiger partial charge in [0.1, 0.15) is 36.0 Å². The van der Waals surface area contributed by atoms with Crippen molar-refractivity contribution in [2.75, 3.05) is 6.54 Å². The Kier molecular flexibility index (Phi) is 7.65. The maximum absolute atomic E-state index is 15.5. The molecule has 0 amide bonds. The Morgan fingerprint density at radius 1 is 1.15 bits per heavy atom. The van der Waals surface area contributed by atoms with Crippen molar-refractivity contribution >= 4 is 6.34 Å². The number of nitrogens with two attached hydrogens (primary N) is 2. The highest BCUT2D eigenvalue weighted by Crippen LogP contribution is 2.42. The third-order valence-corrected chi connectivity index (χ3v) is 4.95. The fourth-order valence-electron chi connectivity index (χ4n) is 3.22. The van der Waals surface area contributed by atoms with E-state index in [1.54, 1.807) is 24.3 Å². The molecular weight excluding hydrogens is 452 g/mol. The van der Waals surface area contributed by atoms with Gasteiger partial charge in [0.25, 0.3) is 5.92 Å². The van der Waals surface area contributed by atoms with Crippen molar-refractivity contribution in [2.24, 2.45) is 16.8 Å². The number of hydrogen-bond acceptors (Lipinski definition) is 6. The van der Waals surface area contributed by atoms with E-state index in [1.807, 2.05) is 6.07 Å². The number of ether oxygens (including phenoxy) is 1. The summed E-state index contributed by atoms with van der Waals surface area (Å²) in [7, 11) is 0. The number of rotatable bonds is 9. The molecule has 0 radical (unpaired) electrons. The van der Waals surface area contributed by atoms with E-state index in [0.29, 0.717) is 11.6 Å². The second-order valence-corrected chi connectivity index (χ2v) is 7.28. The second kappa shape index (κ2) is 10.6. The lowest BCUT2D eigenvalue weighted by Gasteiger charge is -2.29. The number of aromatic nitrogens is 1. The number of nitrogens with zero attached hydrogens (tertiary/aromatic N) is 4. The summed E-state index contributed by atoms with van der Waals surface area (Å²) < 4.78 is 64.3. The molecule has 3 rings (SSSR count). The average molecular weight is 472 g/mol. The number of nitriles is 1. The highest BCUT2D eigenvalue weighted by atomic mass is 19.3. The summed E-state index contributed by atoms with van der Waals surface area (Å²) in [4.78, 5) is 3.80. The highest BCUT2D eigenvalue weighted by molar-refractivity contribution is 5.53. The van der Waals surface area contributed by atoms with E-state index in [4.69, 9.17) is 21.7 Å². The molecule has 34 heavy (non-hydrogen) atoms. The molecule has 0 saturated heterocycles. The van der Waals surface area contributed by atoms with E-state index in [1.165, 1.54) is 6.07 Å². The number of hydrogen-bond donors (Lipinski definition) is 2. The standard InChI is InChI=1S/C23H20F4N6O/c24-17-5-7-19(21(25)9-17)20(12-33(30)14-32-29)23(26,27)22-8-6-18(11-31-22)34-13-16-3-1-15(10-28)2-4-16/h1-9,11,14,20H,12-13,29-30H2/b32-14-. The predicted molar refractivity (Wildman–Crippen MR) is 116 cm³/mol. The monoisotopic (exact) mass is 472 g/mol. The lowest BCUT2D eigenvalue weighted by atomic mass is 9.89. The number of hydrazine groups is 1. The van der Waals surface area contributed by atoms with Crippen LogP contribution >= 0.6 is 0 Å². The molecule has 3 aromatic rings. The first-order valence-electron chi connectivity index (χ1n) is 9.90. The largest absolute Gasteiger partial charge is 0.487 e. The van der Waals surface area contributed by atoms with Crippen molar-refractivity contribution in [1.82, 2.24) is 9.99 Å². The van der Waals surface area contributed by atoms with Gasteiger partial charge in [0.2, 0.25) is 0 Å². The van der Waals surface area contributed by atoms with Gasteiger partial charge in [-0.3, -0.25) is 9.99 Å². The van der Waals surface area contributed by atoms with Crippen LogP contribution in [0.3, 0.4) is 0 Å². The number of pyridine rings is 1. The van der Waals surface area contributed by atoms with E-state index in [9.17, 15) is 8.78 Å². The van der Waals surface area contributed by atoms with Gasteiger partial charge in [-0.15, -0.1) is 0 Å². The maximum Gasteiger partial charge on any atom is 0.298 e. The number of halogens is 4. The summed E-state index contributed by atoms with van der Waals surface area (Å²) >= 11 is 0. The van der Waals surface area contributed by atoms with Gasteiger partial charge in [-0.25, -0.2) is 14.6 Å². The van der Waals surface area contributed by atoms with Crippen LogP contribution in [-0.2, 0) is 12.5 Å². The second-order valence-electron chi connectivity index (χ2n) is 7.28. The molecule has 0 aliphatic heterocycles. The summed E-state index contributed by atoms with van der Waals surface area (Å²) in [5, 5.41) is 12.8. The fourth-order valence-corrected chi connectivity index (χ4v) is 3.22. The highest BCUT2D eigenvalue weighted by Gasteiger charge is 2.45. The van der Waals surface area contributed by atoms with Crippen LogP contribution in [-0.4, -0.2) is 22.9 Å².